The number of carbonyl (C=O) groups is 1. The summed E-state index contributed by atoms with van der Waals surface area (Å²) in [5, 5.41) is 9.50. The van der Waals surface area contributed by atoms with Gasteiger partial charge < -0.3 is 20.9 Å². The van der Waals surface area contributed by atoms with Crippen molar-refractivity contribution in [1.82, 2.24) is 20.9 Å². The number of amides is 1. The van der Waals surface area contributed by atoms with Gasteiger partial charge in [-0.1, -0.05) is 43.2 Å². The van der Waals surface area contributed by atoms with Crippen LogP contribution in [0.4, 0.5) is 0 Å². The number of nitrogens with zero attached hydrogens (tertiary/aromatic N) is 2. The molecule has 0 unspecified atom stereocenters. The lowest BCUT2D eigenvalue weighted by Gasteiger charge is -2.20. The minimum atomic E-state index is -0.0438. The highest BCUT2D eigenvalue weighted by atomic mass is 127. The van der Waals surface area contributed by atoms with Crippen molar-refractivity contribution in [3.05, 3.63) is 35.9 Å². The monoisotopic (exact) mass is 515 g/mol. The summed E-state index contributed by atoms with van der Waals surface area (Å²) in [7, 11) is 0. The van der Waals surface area contributed by atoms with Gasteiger partial charge in [-0.25, -0.2) is 4.99 Å². The lowest BCUT2D eigenvalue weighted by Crippen LogP contribution is -2.40. The van der Waals surface area contributed by atoms with E-state index in [1.807, 2.05) is 25.1 Å². The number of guanidine groups is 1. The Morgan fingerprint density at radius 1 is 1.00 bits per heavy atom. The number of aliphatic imine (C=N–C) groups is 1. The fraction of sp³-hybridized carbons (Fsp3) is 0.636. The molecule has 3 N–H and O–H groups in total. The molecule has 29 heavy (non-hydrogen) atoms. The average Bonchev–Trinajstić information content (AvgIpc) is 2.99. The number of benzene rings is 1. The molecular weight excluding hydrogens is 477 g/mol. The van der Waals surface area contributed by atoms with E-state index in [-0.39, 0.29) is 36.4 Å². The molecule has 1 aliphatic rings. The summed E-state index contributed by atoms with van der Waals surface area (Å²) in [6, 6.07) is 10.2. The van der Waals surface area contributed by atoms with Gasteiger partial charge in [0.25, 0.3) is 0 Å². The first-order valence-corrected chi connectivity index (χ1v) is 10.8. The van der Waals surface area contributed by atoms with Gasteiger partial charge >= 0.3 is 0 Å². The molecule has 0 saturated carbocycles. The van der Waals surface area contributed by atoms with E-state index in [2.05, 4.69) is 38.0 Å². The molecule has 1 heterocycles. The van der Waals surface area contributed by atoms with Crippen LogP contribution in [0.5, 0.6) is 0 Å². The second-order valence-corrected chi connectivity index (χ2v) is 7.32. The number of nitrogens with one attached hydrogen (secondary N) is 3. The number of halogens is 1. The van der Waals surface area contributed by atoms with Gasteiger partial charge in [-0.3, -0.25) is 4.79 Å². The van der Waals surface area contributed by atoms with Gasteiger partial charge in [-0.05, 0) is 57.8 Å². The third-order valence-electron chi connectivity index (χ3n) is 4.95. The third-order valence-corrected chi connectivity index (χ3v) is 4.95. The van der Waals surface area contributed by atoms with Crippen LogP contribution in [-0.2, 0) is 11.2 Å². The van der Waals surface area contributed by atoms with Crippen molar-refractivity contribution in [1.29, 1.82) is 0 Å². The molecule has 0 radical (unpaired) electrons. The maximum Gasteiger partial charge on any atom is 0.241 e. The van der Waals surface area contributed by atoms with Gasteiger partial charge in [0, 0.05) is 19.6 Å². The van der Waals surface area contributed by atoms with E-state index >= 15 is 0 Å². The molecule has 1 aliphatic heterocycles. The van der Waals surface area contributed by atoms with E-state index in [0.29, 0.717) is 6.54 Å². The Hall–Kier alpha value is -1.35. The van der Waals surface area contributed by atoms with Gasteiger partial charge in [0.05, 0.1) is 0 Å². The highest BCUT2D eigenvalue weighted by Gasteiger charge is 2.08. The highest BCUT2D eigenvalue weighted by Crippen LogP contribution is 2.09. The zero-order valence-corrected chi connectivity index (χ0v) is 20.1. The van der Waals surface area contributed by atoms with Crippen molar-refractivity contribution in [3.63, 3.8) is 0 Å². The molecule has 0 atom stereocenters. The smallest absolute Gasteiger partial charge is 0.241 e. The van der Waals surface area contributed by atoms with E-state index in [4.69, 9.17) is 0 Å². The predicted molar refractivity (Wildman–Crippen MR) is 132 cm³/mol. The van der Waals surface area contributed by atoms with Crippen molar-refractivity contribution in [2.45, 2.75) is 45.4 Å². The van der Waals surface area contributed by atoms with Gasteiger partial charge in [-0.15, -0.1) is 24.0 Å². The van der Waals surface area contributed by atoms with Crippen LogP contribution in [0.2, 0.25) is 0 Å². The highest BCUT2D eigenvalue weighted by molar-refractivity contribution is 14.0. The Bertz CT molecular complexity index is 574. The molecular formula is C22H38IN5O. The maximum atomic E-state index is 12.0. The molecule has 7 heteroatoms. The lowest BCUT2D eigenvalue weighted by atomic mass is 10.1. The van der Waals surface area contributed by atoms with Crippen LogP contribution >= 0.6 is 24.0 Å². The number of hydrogen-bond acceptors (Lipinski definition) is 3. The molecule has 164 valence electrons. The Labute approximate surface area is 193 Å². The minimum absolute atomic E-state index is 0. The summed E-state index contributed by atoms with van der Waals surface area (Å²) in [5.41, 5.74) is 1.23. The van der Waals surface area contributed by atoms with E-state index in [1.165, 1.54) is 44.3 Å². The van der Waals surface area contributed by atoms with Crippen LogP contribution in [-0.4, -0.2) is 62.6 Å². The number of likely N-dealkylation sites (tertiary alicyclic amines) is 1. The van der Waals surface area contributed by atoms with Crippen LogP contribution in [0.25, 0.3) is 0 Å². The molecule has 1 aromatic rings. The summed E-state index contributed by atoms with van der Waals surface area (Å²) < 4.78 is 0. The van der Waals surface area contributed by atoms with E-state index in [1.54, 1.807) is 0 Å². The molecule has 6 nitrogen and oxygen atoms in total. The summed E-state index contributed by atoms with van der Waals surface area (Å²) >= 11 is 0. The van der Waals surface area contributed by atoms with Crippen molar-refractivity contribution in [2.75, 3.05) is 45.8 Å². The molecule has 1 aromatic carbocycles. The largest absolute Gasteiger partial charge is 0.357 e. The number of rotatable bonds is 10. The number of carbonyl (C=O) groups excluding carboxylic acids is 1. The standard InChI is InChI=1S/C22H37N5O.HI/c1-2-23-22(25-14-10-18-27-16-8-3-4-9-17-27)26-19-21(28)24-15-13-20-11-6-5-7-12-20;/h5-7,11-12H,2-4,8-10,13-19H2,1H3,(H,24,28)(H2,23,25,26);1H. The van der Waals surface area contributed by atoms with Gasteiger partial charge in [0.15, 0.2) is 5.96 Å². The zero-order valence-electron chi connectivity index (χ0n) is 17.8. The van der Waals surface area contributed by atoms with Crippen molar-refractivity contribution >= 4 is 35.8 Å². The normalized spacial score (nSPS) is 15.1. The van der Waals surface area contributed by atoms with Crippen LogP contribution in [0.3, 0.4) is 0 Å². The molecule has 0 spiro atoms. The quantitative estimate of drug-likeness (QED) is 0.194. The Balaban J connectivity index is 0.00000420. The summed E-state index contributed by atoms with van der Waals surface area (Å²) in [6.07, 6.45) is 7.34. The first kappa shape index (κ1) is 25.7. The van der Waals surface area contributed by atoms with E-state index < -0.39 is 0 Å². The van der Waals surface area contributed by atoms with Crippen molar-refractivity contribution in [3.8, 4) is 0 Å². The fourth-order valence-corrected chi connectivity index (χ4v) is 3.41. The second-order valence-electron chi connectivity index (χ2n) is 7.32. The Morgan fingerprint density at radius 2 is 1.72 bits per heavy atom. The van der Waals surface area contributed by atoms with Crippen LogP contribution < -0.4 is 16.0 Å². The first-order chi connectivity index (χ1) is 13.8. The molecule has 0 aliphatic carbocycles. The van der Waals surface area contributed by atoms with Gasteiger partial charge in [0.2, 0.25) is 5.91 Å². The molecule has 1 fully saturated rings. The first-order valence-electron chi connectivity index (χ1n) is 10.8. The molecule has 0 aromatic heterocycles. The van der Waals surface area contributed by atoms with E-state index in [9.17, 15) is 4.79 Å². The zero-order chi connectivity index (χ0) is 19.9. The van der Waals surface area contributed by atoms with E-state index in [0.717, 1.165) is 38.4 Å². The van der Waals surface area contributed by atoms with Crippen LogP contribution in [0.1, 0.15) is 44.6 Å². The maximum absolute atomic E-state index is 12.0. The fourth-order valence-electron chi connectivity index (χ4n) is 3.41. The third kappa shape index (κ3) is 12.1. The van der Waals surface area contributed by atoms with Crippen LogP contribution in [0, 0.1) is 0 Å². The summed E-state index contributed by atoms with van der Waals surface area (Å²) in [4.78, 5) is 19.0. The molecule has 1 saturated heterocycles. The topological polar surface area (TPSA) is 68.8 Å². The summed E-state index contributed by atoms with van der Waals surface area (Å²) in [6.45, 7) is 8.08. The second kappa shape index (κ2) is 16.4. The van der Waals surface area contributed by atoms with Gasteiger partial charge in [0.1, 0.15) is 6.54 Å². The molecule has 1 amide bonds. The Morgan fingerprint density at radius 3 is 2.41 bits per heavy atom. The minimum Gasteiger partial charge on any atom is -0.357 e. The average molecular weight is 515 g/mol. The van der Waals surface area contributed by atoms with Crippen molar-refractivity contribution < 1.29 is 4.79 Å². The molecule has 0 bridgehead atoms. The summed E-state index contributed by atoms with van der Waals surface area (Å²) in [5.74, 6) is 0.675. The van der Waals surface area contributed by atoms with Crippen LogP contribution in [0.15, 0.2) is 35.3 Å². The molecule has 2 rings (SSSR count). The van der Waals surface area contributed by atoms with Crippen molar-refractivity contribution in [2.24, 2.45) is 4.99 Å². The predicted octanol–water partition coefficient (Wildman–Crippen LogP) is 2.78. The SMILES string of the molecule is CCNC(=NCC(=O)NCCc1ccccc1)NCCCN1CCCCCC1.I. The lowest BCUT2D eigenvalue weighted by molar-refractivity contribution is -0.119. The Kier molecular flexibility index (Phi) is 14.6. The number of hydrogen-bond donors (Lipinski definition) is 3. The van der Waals surface area contributed by atoms with Gasteiger partial charge in [-0.2, -0.15) is 0 Å².